The minimum atomic E-state index is 0. The van der Waals surface area contributed by atoms with Crippen LogP contribution in [-0.4, -0.2) is 0 Å². The van der Waals surface area contributed by atoms with Crippen molar-refractivity contribution in [3.8, 4) is 0 Å². The summed E-state index contributed by atoms with van der Waals surface area (Å²) in [4.78, 5) is 0. The number of unbranched alkanes of at least 4 members (excludes halogenated alkanes) is 2. The fourth-order valence-corrected chi connectivity index (χ4v) is 0.250. The molecule has 0 aliphatic carbocycles. The molecule has 35 valence electrons. The van der Waals surface area contributed by atoms with E-state index in [0.29, 0.717) is 0 Å². The second kappa shape index (κ2) is 9.21. The summed E-state index contributed by atoms with van der Waals surface area (Å²) in [7, 11) is 0. The van der Waals surface area contributed by atoms with E-state index < -0.39 is 0 Å². The normalized spacial score (nSPS) is 7.00. The molecule has 0 aromatic heterocycles. The third kappa shape index (κ3) is 8.83. The van der Waals surface area contributed by atoms with Crippen molar-refractivity contribution < 1.29 is 21.7 Å². The molecule has 0 bridgehead atoms. The second-order valence-electron chi connectivity index (χ2n) is 1.21. The molecule has 0 amide bonds. The van der Waals surface area contributed by atoms with Crippen molar-refractivity contribution in [2.75, 3.05) is 0 Å². The molecule has 0 N–H and O–H groups in total. The molecule has 0 rings (SSSR count). The molecule has 0 saturated carbocycles. The maximum absolute atomic E-state index is 3.68. The fraction of sp³-hybridized carbons (Fsp3) is 0.800. The van der Waals surface area contributed by atoms with Gasteiger partial charge in [-0.25, -0.2) is 0 Å². The van der Waals surface area contributed by atoms with E-state index >= 15 is 0 Å². The van der Waals surface area contributed by atoms with Gasteiger partial charge < -0.3 is 0 Å². The van der Waals surface area contributed by atoms with Crippen LogP contribution in [0.2, 0.25) is 0 Å². The van der Waals surface area contributed by atoms with Gasteiger partial charge in [0.05, 0.1) is 0 Å². The summed E-state index contributed by atoms with van der Waals surface area (Å²) in [5.41, 5.74) is 0. The predicted octanol–water partition coefficient (Wildman–Crippen LogP) is 2.01. The van der Waals surface area contributed by atoms with Crippen molar-refractivity contribution >= 4 is 0 Å². The van der Waals surface area contributed by atoms with Crippen LogP contribution in [0, 0.1) is 6.92 Å². The molecule has 0 aliphatic rings. The van der Waals surface area contributed by atoms with Crippen LogP contribution in [0.25, 0.3) is 0 Å². The van der Waals surface area contributed by atoms with Gasteiger partial charge in [-0.2, -0.15) is 0 Å². The number of hydrogen-bond donors (Lipinski definition) is 0. The summed E-state index contributed by atoms with van der Waals surface area (Å²) in [5.74, 6) is 0. The van der Waals surface area contributed by atoms with Gasteiger partial charge >= 0.3 is 0 Å². The Balaban J connectivity index is 0. The van der Waals surface area contributed by atoms with Crippen molar-refractivity contribution in [2.24, 2.45) is 0 Å². The summed E-state index contributed by atoms with van der Waals surface area (Å²) < 4.78 is 0. The molecule has 0 nitrogen and oxygen atoms in total. The van der Waals surface area contributed by atoms with E-state index in [-0.39, 0.29) is 21.7 Å². The van der Waals surface area contributed by atoms with E-state index in [2.05, 4.69) is 13.8 Å². The Kier molecular flexibility index (Phi) is 15.1. The molecule has 0 spiro atoms. The molecule has 0 aromatic rings. The minimum Gasteiger partial charge on any atom is -0.0654 e. The van der Waals surface area contributed by atoms with Crippen LogP contribution in [-0.2, 0) is 21.7 Å². The van der Waals surface area contributed by atoms with Gasteiger partial charge in [-0.15, -0.1) is 0 Å². The van der Waals surface area contributed by atoms with Crippen LogP contribution < -0.4 is 0 Å². The topological polar surface area (TPSA) is 0 Å². The first-order chi connectivity index (χ1) is 2.41. The largest absolute Gasteiger partial charge is 0.0654 e. The Morgan fingerprint density at radius 1 is 1.50 bits per heavy atom. The van der Waals surface area contributed by atoms with Crippen molar-refractivity contribution in [1.29, 1.82) is 0 Å². The van der Waals surface area contributed by atoms with E-state index in [9.17, 15) is 0 Å². The zero-order chi connectivity index (χ0) is 4.12. The van der Waals surface area contributed by atoms with Gasteiger partial charge in [0.15, 0.2) is 0 Å². The average molecular weight is 119 g/mol. The van der Waals surface area contributed by atoms with Gasteiger partial charge in [-0.05, 0) is 0 Å². The molecular formula is C5H11Ti. The first-order valence-corrected chi connectivity index (χ1v) is 2.21. The number of rotatable bonds is 2. The van der Waals surface area contributed by atoms with Crippen LogP contribution >= 0.6 is 0 Å². The first kappa shape index (κ1) is 9.86. The number of hydrogen-bond acceptors (Lipinski definition) is 0. The summed E-state index contributed by atoms with van der Waals surface area (Å²) in [5, 5.41) is 0. The molecule has 1 radical (unpaired) electrons. The second-order valence-corrected chi connectivity index (χ2v) is 1.21. The predicted molar refractivity (Wildman–Crippen MR) is 24.9 cm³/mol. The van der Waals surface area contributed by atoms with Gasteiger partial charge in [0.25, 0.3) is 0 Å². The van der Waals surface area contributed by atoms with Crippen LogP contribution in [0.5, 0.6) is 0 Å². The third-order valence-corrected chi connectivity index (χ3v) is 0.604. The van der Waals surface area contributed by atoms with E-state index in [0.717, 1.165) is 6.42 Å². The minimum absolute atomic E-state index is 0. The van der Waals surface area contributed by atoms with Crippen LogP contribution in [0.1, 0.15) is 26.2 Å². The molecular weight excluding hydrogens is 108 g/mol. The van der Waals surface area contributed by atoms with Crippen molar-refractivity contribution in [2.45, 2.75) is 26.2 Å². The Morgan fingerprint density at radius 2 is 2.00 bits per heavy atom. The zero-order valence-corrected chi connectivity index (χ0v) is 5.89. The molecule has 0 saturated heterocycles. The molecule has 0 atom stereocenters. The summed E-state index contributed by atoms with van der Waals surface area (Å²) in [6.07, 6.45) is 3.65. The molecule has 0 aliphatic heterocycles. The molecule has 6 heavy (non-hydrogen) atoms. The molecule has 0 heterocycles. The summed E-state index contributed by atoms with van der Waals surface area (Å²) in [6, 6.07) is 0. The smallest absolute Gasteiger partial charge is 0 e. The maximum Gasteiger partial charge on any atom is 0 e. The quantitative estimate of drug-likeness (QED) is 0.487. The summed E-state index contributed by atoms with van der Waals surface area (Å²) >= 11 is 0. The van der Waals surface area contributed by atoms with E-state index in [1.54, 1.807) is 0 Å². The molecule has 0 fully saturated rings. The van der Waals surface area contributed by atoms with Crippen molar-refractivity contribution in [3.63, 3.8) is 0 Å². The van der Waals surface area contributed by atoms with Crippen LogP contribution in [0.4, 0.5) is 0 Å². The van der Waals surface area contributed by atoms with Gasteiger partial charge in [-0.1, -0.05) is 33.1 Å². The average Bonchev–Trinajstić information content (AvgIpc) is 1.41. The Bertz CT molecular complexity index is 11.4. The van der Waals surface area contributed by atoms with E-state index in [1.165, 1.54) is 12.8 Å². The third-order valence-electron chi connectivity index (χ3n) is 0.604. The van der Waals surface area contributed by atoms with E-state index in [1.807, 2.05) is 0 Å². The Hall–Kier alpha value is 0.714. The SMILES string of the molecule is [CH2]CCCC.[Ti]. The maximum atomic E-state index is 3.68. The van der Waals surface area contributed by atoms with Gasteiger partial charge in [-0.3, -0.25) is 0 Å². The van der Waals surface area contributed by atoms with Crippen LogP contribution in [0.15, 0.2) is 0 Å². The molecule has 0 aromatic carbocycles. The summed E-state index contributed by atoms with van der Waals surface area (Å²) in [6.45, 7) is 5.85. The Labute approximate surface area is 55.2 Å². The Morgan fingerprint density at radius 3 is 2.00 bits per heavy atom. The van der Waals surface area contributed by atoms with Gasteiger partial charge in [0.1, 0.15) is 0 Å². The zero-order valence-electron chi connectivity index (χ0n) is 4.33. The fourth-order valence-electron chi connectivity index (χ4n) is 0.250. The van der Waals surface area contributed by atoms with Gasteiger partial charge in [0.2, 0.25) is 0 Å². The monoisotopic (exact) mass is 119 g/mol. The standard InChI is InChI=1S/C5H11.Ti/c1-3-5-4-2;/h1,3-5H2,2H3;. The van der Waals surface area contributed by atoms with Gasteiger partial charge in [0, 0.05) is 21.7 Å². The molecule has 0 unspecified atom stereocenters. The van der Waals surface area contributed by atoms with E-state index in [4.69, 9.17) is 0 Å². The van der Waals surface area contributed by atoms with Crippen molar-refractivity contribution in [3.05, 3.63) is 6.92 Å². The molecule has 1 heteroatoms. The van der Waals surface area contributed by atoms with Crippen molar-refractivity contribution in [1.82, 2.24) is 0 Å². The van der Waals surface area contributed by atoms with Crippen LogP contribution in [0.3, 0.4) is 0 Å². The first-order valence-electron chi connectivity index (χ1n) is 2.21.